The average molecular weight is 287 g/mol. The van der Waals surface area contributed by atoms with Gasteiger partial charge in [0.2, 0.25) is 0 Å². The summed E-state index contributed by atoms with van der Waals surface area (Å²) in [7, 11) is 0. The Morgan fingerprint density at radius 2 is 1.80 bits per heavy atom. The van der Waals surface area contributed by atoms with E-state index in [1.165, 1.54) is 24.3 Å². The van der Waals surface area contributed by atoms with Gasteiger partial charge >= 0.3 is 12.1 Å². The number of hydrogen-bond acceptors (Lipinski definition) is 3. The quantitative estimate of drug-likeness (QED) is 0.644. The minimum absolute atomic E-state index is 0.0824. The molecule has 0 aromatic heterocycles. The summed E-state index contributed by atoms with van der Waals surface area (Å²) in [5.41, 5.74) is -1.31. The summed E-state index contributed by atoms with van der Waals surface area (Å²) in [6.07, 6.45) is -4.48. The highest BCUT2D eigenvalue weighted by molar-refractivity contribution is 6.04. The van der Waals surface area contributed by atoms with Crippen LogP contribution in [0.25, 0.3) is 0 Å². The Hall–Kier alpha value is -2.31. The number of ketones is 1. The van der Waals surface area contributed by atoms with Gasteiger partial charge in [0.1, 0.15) is 11.7 Å². The number of benzene rings is 1. The van der Waals surface area contributed by atoms with E-state index in [-0.39, 0.29) is 5.56 Å². The molecule has 20 heavy (non-hydrogen) atoms. The van der Waals surface area contributed by atoms with Gasteiger partial charge in [0.15, 0.2) is 5.78 Å². The second-order valence-corrected chi connectivity index (χ2v) is 3.99. The third-order valence-electron chi connectivity index (χ3n) is 2.38. The lowest BCUT2D eigenvalue weighted by atomic mass is 10.1. The standard InChI is InChI=1S/C13H12F3NO3/c1-8(12(19)20)17-11(13(14,15)16)7-10(18)9-5-3-2-4-6-9/h2-8,17H,1H3,(H,19,20)/b11-7-. The van der Waals surface area contributed by atoms with Crippen LogP contribution in [0.15, 0.2) is 42.1 Å². The lowest BCUT2D eigenvalue weighted by molar-refractivity contribution is -0.139. The Morgan fingerprint density at radius 3 is 2.25 bits per heavy atom. The first-order valence-electron chi connectivity index (χ1n) is 5.59. The van der Waals surface area contributed by atoms with Crippen LogP contribution >= 0.6 is 0 Å². The lowest BCUT2D eigenvalue weighted by Crippen LogP contribution is -2.38. The van der Waals surface area contributed by atoms with Crippen LogP contribution in [0, 0.1) is 0 Å². The molecule has 0 aliphatic heterocycles. The van der Waals surface area contributed by atoms with E-state index in [2.05, 4.69) is 0 Å². The van der Waals surface area contributed by atoms with Crippen LogP contribution < -0.4 is 5.32 Å². The highest BCUT2D eigenvalue weighted by atomic mass is 19.4. The molecule has 0 spiro atoms. The predicted octanol–water partition coefficient (Wildman–Crippen LogP) is 2.38. The van der Waals surface area contributed by atoms with Gasteiger partial charge in [-0.25, -0.2) is 0 Å². The van der Waals surface area contributed by atoms with Crippen LogP contribution in [0.5, 0.6) is 0 Å². The van der Waals surface area contributed by atoms with E-state index in [1.54, 1.807) is 11.4 Å². The zero-order valence-electron chi connectivity index (χ0n) is 10.4. The Morgan fingerprint density at radius 1 is 1.25 bits per heavy atom. The molecule has 0 saturated carbocycles. The molecule has 0 amide bonds. The fourth-order valence-corrected chi connectivity index (χ4v) is 1.32. The Bertz CT molecular complexity index is 523. The molecule has 1 unspecified atom stereocenters. The molecule has 0 aliphatic rings. The molecule has 1 rings (SSSR count). The van der Waals surface area contributed by atoms with Gasteiger partial charge in [-0.05, 0) is 6.92 Å². The summed E-state index contributed by atoms with van der Waals surface area (Å²) < 4.78 is 38.2. The van der Waals surface area contributed by atoms with E-state index in [0.717, 1.165) is 6.92 Å². The van der Waals surface area contributed by atoms with Gasteiger partial charge in [-0.15, -0.1) is 0 Å². The van der Waals surface area contributed by atoms with Gasteiger partial charge in [0.25, 0.3) is 0 Å². The molecular formula is C13H12F3NO3. The molecule has 0 bridgehead atoms. The molecule has 0 aliphatic carbocycles. The minimum Gasteiger partial charge on any atom is -0.480 e. The highest BCUT2D eigenvalue weighted by Crippen LogP contribution is 2.24. The lowest BCUT2D eigenvalue weighted by Gasteiger charge is -2.16. The number of carboxylic acids is 1. The van der Waals surface area contributed by atoms with Gasteiger partial charge in [0, 0.05) is 11.6 Å². The molecule has 1 aromatic rings. The second kappa shape index (κ2) is 6.23. The number of halogens is 3. The molecule has 0 radical (unpaired) electrons. The summed E-state index contributed by atoms with van der Waals surface area (Å²) in [6, 6.07) is 5.92. The maximum absolute atomic E-state index is 12.7. The fourth-order valence-electron chi connectivity index (χ4n) is 1.32. The molecule has 4 nitrogen and oxygen atoms in total. The van der Waals surface area contributed by atoms with Crippen molar-refractivity contribution in [1.82, 2.24) is 5.32 Å². The number of carbonyl (C=O) groups is 2. The smallest absolute Gasteiger partial charge is 0.431 e. The fraction of sp³-hybridized carbons (Fsp3) is 0.231. The van der Waals surface area contributed by atoms with Gasteiger partial charge in [0.05, 0.1) is 0 Å². The highest BCUT2D eigenvalue weighted by Gasteiger charge is 2.36. The number of carbonyl (C=O) groups excluding carboxylic acids is 1. The monoisotopic (exact) mass is 287 g/mol. The van der Waals surface area contributed by atoms with Crippen molar-refractivity contribution >= 4 is 11.8 Å². The SMILES string of the molecule is CC(N/C(=C\C(=O)c1ccccc1)C(F)(F)F)C(=O)O. The molecular weight excluding hydrogens is 275 g/mol. The van der Waals surface area contributed by atoms with Crippen LogP contribution in [-0.4, -0.2) is 29.1 Å². The van der Waals surface area contributed by atoms with E-state index < -0.39 is 29.7 Å². The summed E-state index contributed by atoms with van der Waals surface area (Å²) in [5.74, 6) is -2.31. The third-order valence-corrected chi connectivity index (χ3v) is 2.38. The van der Waals surface area contributed by atoms with E-state index in [0.29, 0.717) is 6.08 Å². The number of allylic oxidation sites excluding steroid dienone is 2. The zero-order valence-corrected chi connectivity index (χ0v) is 10.4. The van der Waals surface area contributed by atoms with Gasteiger partial charge in [-0.3, -0.25) is 9.59 Å². The Labute approximate surface area is 112 Å². The number of rotatable bonds is 5. The van der Waals surface area contributed by atoms with E-state index in [4.69, 9.17) is 5.11 Å². The van der Waals surface area contributed by atoms with Crippen LogP contribution in [-0.2, 0) is 4.79 Å². The van der Waals surface area contributed by atoms with Crippen molar-refractivity contribution < 1.29 is 27.9 Å². The van der Waals surface area contributed by atoms with Crippen molar-refractivity contribution in [1.29, 1.82) is 0 Å². The van der Waals surface area contributed by atoms with E-state index in [9.17, 15) is 22.8 Å². The van der Waals surface area contributed by atoms with Crippen molar-refractivity contribution in [3.8, 4) is 0 Å². The Balaban J connectivity index is 3.02. The van der Waals surface area contributed by atoms with Crippen LogP contribution in [0.3, 0.4) is 0 Å². The van der Waals surface area contributed by atoms with Gasteiger partial charge in [-0.1, -0.05) is 30.3 Å². The van der Waals surface area contributed by atoms with Crippen molar-refractivity contribution in [2.24, 2.45) is 0 Å². The maximum Gasteiger partial charge on any atom is 0.431 e. The maximum atomic E-state index is 12.7. The van der Waals surface area contributed by atoms with Gasteiger partial charge in [-0.2, -0.15) is 13.2 Å². The second-order valence-electron chi connectivity index (χ2n) is 3.99. The molecule has 108 valence electrons. The molecule has 2 N–H and O–H groups in total. The first-order chi connectivity index (χ1) is 9.21. The van der Waals surface area contributed by atoms with Crippen molar-refractivity contribution in [2.75, 3.05) is 0 Å². The normalized spacial score (nSPS) is 13.7. The van der Waals surface area contributed by atoms with Crippen molar-refractivity contribution in [3.63, 3.8) is 0 Å². The first-order valence-corrected chi connectivity index (χ1v) is 5.59. The van der Waals surface area contributed by atoms with E-state index in [1.807, 2.05) is 0 Å². The third kappa shape index (κ3) is 4.42. The molecule has 0 fully saturated rings. The summed E-state index contributed by atoms with van der Waals surface area (Å²) in [4.78, 5) is 22.3. The number of hydrogen-bond donors (Lipinski definition) is 2. The van der Waals surface area contributed by atoms with Crippen molar-refractivity contribution in [3.05, 3.63) is 47.7 Å². The predicted molar refractivity (Wildman–Crippen MR) is 65.1 cm³/mol. The first kappa shape index (κ1) is 15.7. The summed E-state index contributed by atoms with van der Waals surface area (Å²) in [5, 5.41) is 10.4. The largest absolute Gasteiger partial charge is 0.480 e. The van der Waals surface area contributed by atoms with Crippen LogP contribution in [0.4, 0.5) is 13.2 Å². The Kier molecular flexibility index (Phi) is 4.90. The average Bonchev–Trinajstić information content (AvgIpc) is 2.37. The molecule has 7 heteroatoms. The van der Waals surface area contributed by atoms with Crippen molar-refractivity contribution in [2.45, 2.75) is 19.1 Å². The minimum atomic E-state index is -4.84. The zero-order chi connectivity index (χ0) is 15.3. The number of alkyl halides is 3. The van der Waals surface area contributed by atoms with Crippen LogP contribution in [0.1, 0.15) is 17.3 Å². The number of carboxylic acid groups (broad SMARTS) is 1. The summed E-state index contributed by atoms with van der Waals surface area (Å²) in [6.45, 7) is 1.05. The van der Waals surface area contributed by atoms with Gasteiger partial charge < -0.3 is 10.4 Å². The molecule has 0 saturated heterocycles. The number of nitrogens with one attached hydrogen (secondary N) is 1. The molecule has 0 heterocycles. The number of aliphatic carboxylic acids is 1. The molecule has 1 atom stereocenters. The summed E-state index contributed by atoms with van der Waals surface area (Å²) >= 11 is 0. The molecule has 1 aromatic carbocycles. The van der Waals surface area contributed by atoms with Crippen LogP contribution in [0.2, 0.25) is 0 Å². The van der Waals surface area contributed by atoms with E-state index >= 15 is 0 Å². The topological polar surface area (TPSA) is 66.4 Å².